The average Bonchev–Trinajstić information content (AvgIpc) is 2.83. The predicted octanol–water partition coefficient (Wildman–Crippen LogP) is 2.80. The van der Waals surface area contributed by atoms with E-state index in [0.717, 1.165) is 18.2 Å². The van der Waals surface area contributed by atoms with Crippen LogP contribution in [0, 0.1) is 15.9 Å². The summed E-state index contributed by atoms with van der Waals surface area (Å²) in [4.78, 5) is 40.4. The molecule has 182 valence electrons. The number of benzene rings is 2. The first-order valence-corrected chi connectivity index (χ1v) is 11.7. The molecule has 2 aromatic rings. The van der Waals surface area contributed by atoms with Crippen LogP contribution in [0.15, 0.2) is 52.3 Å². The van der Waals surface area contributed by atoms with Gasteiger partial charge in [0.05, 0.1) is 17.0 Å². The van der Waals surface area contributed by atoms with Crippen LogP contribution < -0.4 is 5.32 Å². The molecule has 0 aromatic heterocycles. The molecule has 0 unspecified atom stereocenters. The molecular weight excluding hydrogens is 463 g/mol. The normalized spacial score (nSPS) is 14.1. The molecule has 11 heteroatoms. The van der Waals surface area contributed by atoms with Gasteiger partial charge in [0.2, 0.25) is 5.91 Å². The van der Waals surface area contributed by atoms with Gasteiger partial charge < -0.3 is 15.0 Å². The van der Waals surface area contributed by atoms with Gasteiger partial charge in [0, 0.05) is 68.4 Å². The van der Waals surface area contributed by atoms with Crippen LogP contribution in [0.3, 0.4) is 0 Å². The molecule has 1 N–H and O–H groups in total. The molecule has 34 heavy (non-hydrogen) atoms. The molecule has 1 aliphatic rings. The molecule has 2 aromatic carbocycles. The highest BCUT2D eigenvalue weighted by Gasteiger charge is 2.26. The van der Waals surface area contributed by atoms with Crippen molar-refractivity contribution < 1.29 is 23.6 Å². The highest BCUT2D eigenvalue weighted by molar-refractivity contribution is 7.99. The molecule has 0 saturated carbocycles. The minimum Gasteiger partial charge on any atom is -0.385 e. The van der Waals surface area contributed by atoms with Gasteiger partial charge >= 0.3 is 0 Å². The van der Waals surface area contributed by atoms with Gasteiger partial charge in [0.25, 0.3) is 11.6 Å². The molecule has 3 rings (SSSR count). The maximum absolute atomic E-state index is 14.2. The van der Waals surface area contributed by atoms with E-state index in [4.69, 9.17) is 4.74 Å². The van der Waals surface area contributed by atoms with Crippen molar-refractivity contribution in [2.45, 2.75) is 16.2 Å². The van der Waals surface area contributed by atoms with Crippen LogP contribution in [-0.4, -0.2) is 79.5 Å². The molecule has 9 nitrogen and oxygen atoms in total. The van der Waals surface area contributed by atoms with Gasteiger partial charge in [-0.05, 0) is 24.6 Å². The number of carbonyl (C=O) groups is 2. The third-order valence-electron chi connectivity index (χ3n) is 5.34. The number of nitro benzene ring substituents is 1. The highest BCUT2D eigenvalue weighted by Crippen LogP contribution is 2.34. The van der Waals surface area contributed by atoms with Crippen molar-refractivity contribution in [1.82, 2.24) is 15.1 Å². The highest BCUT2D eigenvalue weighted by atomic mass is 32.2. The maximum atomic E-state index is 14.2. The van der Waals surface area contributed by atoms with Crippen LogP contribution in [0.2, 0.25) is 0 Å². The Morgan fingerprint density at radius 2 is 1.88 bits per heavy atom. The molecule has 1 heterocycles. The minimum absolute atomic E-state index is 0.0851. The number of carbonyl (C=O) groups excluding carboxylic acids is 2. The van der Waals surface area contributed by atoms with Crippen LogP contribution in [0.5, 0.6) is 0 Å². The molecule has 2 amide bonds. The second kappa shape index (κ2) is 12.4. The van der Waals surface area contributed by atoms with Gasteiger partial charge in [-0.25, -0.2) is 4.39 Å². The van der Waals surface area contributed by atoms with Crippen LogP contribution >= 0.6 is 11.8 Å². The summed E-state index contributed by atoms with van der Waals surface area (Å²) in [6.45, 7) is 3.12. The number of halogens is 1. The van der Waals surface area contributed by atoms with Crippen molar-refractivity contribution in [2.75, 3.05) is 53.0 Å². The average molecular weight is 491 g/mol. The quantitative estimate of drug-likeness (QED) is 0.310. The fourth-order valence-electron chi connectivity index (χ4n) is 3.52. The van der Waals surface area contributed by atoms with Gasteiger partial charge in [-0.3, -0.25) is 24.6 Å². The van der Waals surface area contributed by atoms with E-state index in [-0.39, 0.29) is 29.6 Å². The van der Waals surface area contributed by atoms with E-state index >= 15 is 0 Å². The van der Waals surface area contributed by atoms with Gasteiger partial charge in [0.1, 0.15) is 5.82 Å². The minimum atomic E-state index is -0.558. The lowest BCUT2D eigenvalue weighted by molar-refractivity contribution is -0.384. The van der Waals surface area contributed by atoms with Crippen molar-refractivity contribution in [3.63, 3.8) is 0 Å². The summed E-state index contributed by atoms with van der Waals surface area (Å²) in [6, 6.07) is 10.2. The van der Waals surface area contributed by atoms with Crippen molar-refractivity contribution in [3.05, 3.63) is 64.0 Å². The van der Waals surface area contributed by atoms with Crippen LogP contribution in [0.4, 0.5) is 10.1 Å². The van der Waals surface area contributed by atoms with Gasteiger partial charge in [0.15, 0.2) is 0 Å². The van der Waals surface area contributed by atoms with Crippen molar-refractivity contribution >= 4 is 29.3 Å². The lowest BCUT2D eigenvalue weighted by Crippen LogP contribution is -2.51. The first-order valence-electron chi connectivity index (χ1n) is 10.9. The van der Waals surface area contributed by atoms with Gasteiger partial charge in [-0.2, -0.15) is 0 Å². The van der Waals surface area contributed by atoms with Gasteiger partial charge in [-0.1, -0.05) is 23.9 Å². The fraction of sp³-hybridized carbons (Fsp3) is 0.391. The first kappa shape index (κ1) is 25.6. The predicted molar refractivity (Wildman–Crippen MR) is 125 cm³/mol. The summed E-state index contributed by atoms with van der Waals surface area (Å²) in [5.41, 5.74) is -0.0446. The number of methoxy groups -OCH3 is 1. The Hall–Kier alpha value is -3.02. The Balaban J connectivity index is 1.66. The number of hydrogen-bond donors (Lipinski definition) is 1. The first-order chi connectivity index (χ1) is 16.4. The lowest BCUT2D eigenvalue weighted by Gasteiger charge is -2.34. The third-order valence-corrected chi connectivity index (χ3v) is 6.46. The molecular formula is C23H27FN4O5S. The van der Waals surface area contributed by atoms with Gasteiger partial charge in [-0.15, -0.1) is 0 Å². The number of piperazine rings is 1. The van der Waals surface area contributed by atoms with E-state index in [1.807, 2.05) is 4.90 Å². The number of nitro groups is 1. The zero-order chi connectivity index (χ0) is 24.5. The molecule has 1 saturated heterocycles. The van der Waals surface area contributed by atoms with Crippen molar-refractivity contribution in [1.29, 1.82) is 0 Å². The number of hydrogen-bond acceptors (Lipinski definition) is 7. The number of nitrogens with zero attached hydrogens (tertiary/aromatic N) is 3. The molecule has 1 aliphatic heterocycles. The Morgan fingerprint density at radius 1 is 1.15 bits per heavy atom. The number of nitrogens with one attached hydrogen (secondary N) is 1. The van der Waals surface area contributed by atoms with Crippen molar-refractivity contribution in [2.24, 2.45) is 0 Å². The second-order valence-corrected chi connectivity index (χ2v) is 8.82. The monoisotopic (exact) mass is 490 g/mol. The summed E-state index contributed by atoms with van der Waals surface area (Å²) in [6.07, 6.45) is 0.737. The van der Waals surface area contributed by atoms with E-state index in [1.54, 1.807) is 30.2 Å². The lowest BCUT2D eigenvalue weighted by atomic mass is 10.1. The molecule has 0 atom stereocenters. The second-order valence-electron chi connectivity index (χ2n) is 7.73. The van der Waals surface area contributed by atoms with E-state index < -0.39 is 10.7 Å². The summed E-state index contributed by atoms with van der Waals surface area (Å²) < 4.78 is 19.1. The number of rotatable bonds is 10. The standard InChI is InChI=1S/C23H27FN4O5S/c1-33-14-4-9-25-22(29)16-26-10-12-27(13-11-26)23(30)18-15-17(28(31)32)7-8-20(18)34-21-6-3-2-5-19(21)24/h2-3,5-8,15H,4,9-14,16H2,1H3,(H,25,29). The van der Waals surface area contributed by atoms with Crippen molar-refractivity contribution in [3.8, 4) is 0 Å². The summed E-state index contributed by atoms with van der Waals surface area (Å²) >= 11 is 1.06. The van der Waals surface area contributed by atoms with Crippen LogP contribution in [0.1, 0.15) is 16.8 Å². The zero-order valence-corrected chi connectivity index (χ0v) is 19.7. The zero-order valence-electron chi connectivity index (χ0n) is 18.9. The largest absolute Gasteiger partial charge is 0.385 e. The topological polar surface area (TPSA) is 105 Å². The molecule has 0 bridgehead atoms. The third kappa shape index (κ3) is 6.99. The molecule has 1 fully saturated rings. The number of ether oxygens (including phenoxy) is 1. The fourth-order valence-corrected chi connectivity index (χ4v) is 4.46. The smallest absolute Gasteiger partial charge is 0.270 e. The number of amides is 2. The summed E-state index contributed by atoms with van der Waals surface area (Å²) in [7, 11) is 1.61. The Bertz CT molecular complexity index is 1030. The summed E-state index contributed by atoms with van der Waals surface area (Å²) in [5.74, 6) is -0.872. The number of non-ortho nitro benzene ring substituents is 1. The molecule has 0 radical (unpaired) electrons. The Kier molecular flexibility index (Phi) is 9.37. The molecule has 0 aliphatic carbocycles. The molecule has 0 spiro atoms. The SMILES string of the molecule is COCCCNC(=O)CN1CCN(C(=O)c2cc([N+](=O)[O-])ccc2Sc2ccccc2F)CC1. The summed E-state index contributed by atoms with van der Waals surface area (Å²) in [5, 5.41) is 14.1. The Morgan fingerprint density at radius 3 is 2.56 bits per heavy atom. The van der Waals surface area contributed by atoms with E-state index in [0.29, 0.717) is 49.1 Å². The van der Waals surface area contributed by atoms with Crippen LogP contribution in [-0.2, 0) is 9.53 Å². The van der Waals surface area contributed by atoms with E-state index in [9.17, 15) is 24.1 Å². The van der Waals surface area contributed by atoms with E-state index in [2.05, 4.69) is 5.32 Å². The van der Waals surface area contributed by atoms with Crippen LogP contribution in [0.25, 0.3) is 0 Å². The Labute approximate surface area is 201 Å². The van der Waals surface area contributed by atoms with E-state index in [1.165, 1.54) is 24.3 Å². The maximum Gasteiger partial charge on any atom is 0.270 e.